The minimum atomic E-state index is 0.158. The summed E-state index contributed by atoms with van der Waals surface area (Å²) in [5.74, 6) is 2.52. The maximum Gasteiger partial charge on any atom is 0.224 e. The van der Waals surface area contributed by atoms with Crippen LogP contribution in [0.2, 0.25) is 0 Å². The fourth-order valence-electron chi connectivity index (χ4n) is 2.52. The number of para-hydroxylation sites is 1. The molecule has 2 aromatic rings. The van der Waals surface area contributed by atoms with Gasteiger partial charge in [-0.1, -0.05) is 18.2 Å². The molecule has 1 N–H and O–H groups in total. The Kier molecular flexibility index (Phi) is 3.97. The number of rotatable bonds is 5. The normalized spacial score (nSPS) is 17.6. The van der Waals surface area contributed by atoms with Gasteiger partial charge in [0.25, 0.3) is 0 Å². The van der Waals surface area contributed by atoms with Crippen molar-refractivity contribution in [3.63, 3.8) is 0 Å². The molecule has 1 aromatic heterocycles. The smallest absolute Gasteiger partial charge is 0.224 e. The first-order valence-electron chi connectivity index (χ1n) is 7.07. The predicted octanol–water partition coefficient (Wildman–Crippen LogP) is 2.14. The van der Waals surface area contributed by atoms with E-state index in [0.717, 1.165) is 43.0 Å². The molecule has 1 aromatic carbocycles. The zero-order valence-electron chi connectivity index (χ0n) is 11.6. The molecule has 0 saturated heterocycles. The zero-order chi connectivity index (χ0) is 13.8. The van der Waals surface area contributed by atoms with E-state index >= 15 is 0 Å². The molecule has 1 aliphatic heterocycles. The van der Waals surface area contributed by atoms with Crippen LogP contribution in [0.4, 0.5) is 0 Å². The lowest BCUT2D eigenvalue weighted by molar-refractivity contribution is 0.263. The number of nitrogens with zero attached hydrogens (tertiary/aromatic N) is 2. The van der Waals surface area contributed by atoms with Gasteiger partial charge in [-0.3, -0.25) is 0 Å². The molecule has 0 bridgehead atoms. The Balaban J connectivity index is 1.77. The summed E-state index contributed by atoms with van der Waals surface area (Å²) in [7, 11) is 1.94. The van der Waals surface area contributed by atoms with Crippen LogP contribution in [0.3, 0.4) is 0 Å². The summed E-state index contributed by atoms with van der Waals surface area (Å²) in [6.45, 7) is 1.65. The highest BCUT2D eigenvalue weighted by Crippen LogP contribution is 2.37. The highest BCUT2D eigenvalue weighted by atomic mass is 16.5. The molecule has 2 heterocycles. The van der Waals surface area contributed by atoms with Gasteiger partial charge in [-0.15, -0.1) is 10.2 Å². The van der Waals surface area contributed by atoms with E-state index in [4.69, 9.17) is 9.15 Å². The fraction of sp³-hybridized carbons (Fsp3) is 0.467. The second kappa shape index (κ2) is 6.05. The van der Waals surface area contributed by atoms with Crippen molar-refractivity contribution in [3.8, 4) is 5.75 Å². The molecule has 106 valence electrons. The summed E-state index contributed by atoms with van der Waals surface area (Å²) in [4.78, 5) is 0. The molecule has 3 rings (SSSR count). The molecule has 1 unspecified atom stereocenters. The van der Waals surface area contributed by atoms with E-state index in [9.17, 15) is 0 Å². The van der Waals surface area contributed by atoms with Gasteiger partial charge in [-0.2, -0.15) is 0 Å². The Morgan fingerprint density at radius 1 is 1.30 bits per heavy atom. The van der Waals surface area contributed by atoms with Crippen LogP contribution in [0, 0.1) is 0 Å². The van der Waals surface area contributed by atoms with Gasteiger partial charge < -0.3 is 14.5 Å². The van der Waals surface area contributed by atoms with Crippen molar-refractivity contribution in [2.24, 2.45) is 0 Å². The second-order valence-electron chi connectivity index (χ2n) is 4.97. The van der Waals surface area contributed by atoms with Gasteiger partial charge in [0.15, 0.2) is 0 Å². The van der Waals surface area contributed by atoms with Crippen molar-refractivity contribution in [1.29, 1.82) is 0 Å². The Morgan fingerprint density at radius 3 is 3.10 bits per heavy atom. The lowest BCUT2D eigenvalue weighted by Crippen LogP contribution is -2.15. The third kappa shape index (κ3) is 2.67. The largest absolute Gasteiger partial charge is 0.493 e. The number of aryl methyl sites for hydroxylation is 1. The number of fused-ring (bicyclic) bond motifs is 1. The first-order valence-corrected chi connectivity index (χ1v) is 7.07. The topological polar surface area (TPSA) is 60.2 Å². The van der Waals surface area contributed by atoms with Crippen LogP contribution < -0.4 is 10.1 Å². The van der Waals surface area contributed by atoms with Gasteiger partial charge in [0.2, 0.25) is 11.8 Å². The van der Waals surface area contributed by atoms with E-state index < -0.39 is 0 Å². The van der Waals surface area contributed by atoms with E-state index in [-0.39, 0.29) is 5.92 Å². The van der Waals surface area contributed by atoms with Crippen molar-refractivity contribution >= 4 is 0 Å². The van der Waals surface area contributed by atoms with Crippen molar-refractivity contribution in [2.45, 2.75) is 25.2 Å². The van der Waals surface area contributed by atoms with Gasteiger partial charge in [0, 0.05) is 12.0 Å². The Morgan fingerprint density at radius 2 is 2.20 bits per heavy atom. The Labute approximate surface area is 118 Å². The molecule has 0 saturated carbocycles. The van der Waals surface area contributed by atoms with Crippen LogP contribution in [0.1, 0.15) is 36.1 Å². The molecular weight excluding hydrogens is 254 g/mol. The van der Waals surface area contributed by atoms with E-state index in [1.807, 2.05) is 25.2 Å². The number of nitrogens with one attached hydrogen (secondary N) is 1. The van der Waals surface area contributed by atoms with E-state index in [1.165, 1.54) is 0 Å². The van der Waals surface area contributed by atoms with Crippen molar-refractivity contribution in [3.05, 3.63) is 41.6 Å². The average molecular weight is 273 g/mol. The van der Waals surface area contributed by atoms with Crippen molar-refractivity contribution < 1.29 is 9.15 Å². The lowest BCUT2D eigenvalue weighted by Gasteiger charge is -2.23. The SMILES string of the molecule is CNCCCc1nnc(C2CCOc3ccccc32)o1. The Hall–Kier alpha value is -1.88. The molecule has 0 spiro atoms. The fourth-order valence-corrected chi connectivity index (χ4v) is 2.52. The highest BCUT2D eigenvalue weighted by Gasteiger charge is 2.27. The van der Waals surface area contributed by atoms with Gasteiger partial charge in [0.05, 0.1) is 12.5 Å². The molecule has 0 fully saturated rings. The zero-order valence-corrected chi connectivity index (χ0v) is 11.6. The van der Waals surface area contributed by atoms with Gasteiger partial charge in [-0.25, -0.2) is 0 Å². The summed E-state index contributed by atoms with van der Waals surface area (Å²) in [6, 6.07) is 8.07. The quantitative estimate of drug-likeness (QED) is 0.846. The van der Waals surface area contributed by atoms with Crippen molar-refractivity contribution in [2.75, 3.05) is 20.2 Å². The third-order valence-electron chi connectivity index (χ3n) is 3.56. The first-order chi connectivity index (χ1) is 9.88. The number of aromatic nitrogens is 2. The maximum absolute atomic E-state index is 5.82. The number of ether oxygens (including phenoxy) is 1. The molecule has 1 aliphatic rings. The molecule has 1 atom stereocenters. The molecule has 0 amide bonds. The third-order valence-corrected chi connectivity index (χ3v) is 3.56. The van der Waals surface area contributed by atoms with E-state index in [2.05, 4.69) is 21.6 Å². The van der Waals surface area contributed by atoms with Crippen LogP contribution in [0.25, 0.3) is 0 Å². The molecular formula is C15H19N3O2. The lowest BCUT2D eigenvalue weighted by atomic mass is 9.93. The minimum absolute atomic E-state index is 0.158. The van der Waals surface area contributed by atoms with Crippen molar-refractivity contribution in [1.82, 2.24) is 15.5 Å². The summed E-state index contributed by atoms with van der Waals surface area (Å²) in [5.41, 5.74) is 1.14. The highest BCUT2D eigenvalue weighted by molar-refractivity contribution is 5.40. The van der Waals surface area contributed by atoms with Crippen LogP contribution in [-0.4, -0.2) is 30.4 Å². The van der Waals surface area contributed by atoms with Crippen LogP contribution in [-0.2, 0) is 6.42 Å². The first kappa shape index (κ1) is 13.1. The van der Waals surface area contributed by atoms with Crippen LogP contribution >= 0.6 is 0 Å². The van der Waals surface area contributed by atoms with E-state index in [1.54, 1.807) is 0 Å². The summed E-state index contributed by atoms with van der Waals surface area (Å²) in [5, 5.41) is 11.5. The Bertz CT molecular complexity index is 568. The summed E-state index contributed by atoms with van der Waals surface area (Å²) in [6.07, 6.45) is 2.70. The molecule has 0 radical (unpaired) electrons. The monoisotopic (exact) mass is 273 g/mol. The molecule has 5 heteroatoms. The number of hydrogen-bond donors (Lipinski definition) is 1. The molecule has 5 nitrogen and oxygen atoms in total. The summed E-state index contributed by atoms with van der Waals surface area (Å²) >= 11 is 0. The maximum atomic E-state index is 5.82. The number of hydrogen-bond acceptors (Lipinski definition) is 5. The predicted molar refractivity (Wildman–Crippen MR) is 74.9 cm³/mol. The standard InChI is InChI=1S/C15H19N3O2/c1-16-9-4-7-14-17-18-15(20-14)12-8-10-19-13-6-3-2-5-11(12)13/h2-3,5-6,12,16H,4,7-10H2,1H3. The minimum Gasteiger partial charge on any atom is -0.493 e. The van der Waals surface area contributed by atoms with E-state index in [0.29, 0.717) is 12.5 Å². The van der Waals surface area contributed by atoms with Gasteiger partial charge in [-0.05, 0) is 32.5 Å². The van der Waals surface area contributed by atoms with Gasteiger partial charge >= 0.3 is 0 Å². The number of benzene rings is 1. The molecule has 20 heavy (non-hydrogen) atoms. The van der Waals surface area contributed by atoms with Crippen LogP contribution in [0.15, 0.2) is 28.7 Å². The summed E-state index contributed by atoms with van der Waals surface area (Å²) < 4.78 is 11.5. The second-order valence-corrected chi connectivity index (χ2v) is 4.97. The van der Waals surface area contributed by atoms with Crippen LogP contribution in [0.5, 0.6) is 5.75 Å². The average Bonchev–Trinajstić information content (AvgIpc) is 2.96. The van der Waals surface area contributed by atoms with Gasteiger partial charge in [0.1, 0.15) is 5.75 Å². The molecule has 0 aliphatic carbocycles.